The number of nitrogens with two attached hydrogens (primary N) is 1. The fourth-order valence-electron chi connectivity index (χ4n) is 5.88. The van der Waals surface area contributed by atoms with Gasteiger partial charge in [0.25, 0.3) is 0 Å². The van der Waals surface area contributed by atoms with Gasteiger partial charge in [0.1, 0.15) is 0 Å². The predicted octanol–water partition coefficient (Wildman–Crippen LogP) is 2.34. The Morgan fingerprint density at radius 1 is 1.06 bits per heavy atom. The molecule has 0 spiro atoms. The lowest BCUT2D eigenvalue weighted by Crippen LogP contribution is -2.50. The Morgan fingerprint density at radius 3 is 2.53 bits per heavy atom. The molecule has 1 aromatic carbocycles. The van der Waals surface area contributed by atoms with E-state index in [-0.39, 0.29) is 12.3 Å². The number of benzene rings is 1. The predicted molar refractivity (Wildman–Crippen MR) is 148 cm³/mol. The first kappa shape index (κ1) is 25.3. The third kappa shape index (κ3) is 5.79. The highest BCUT2D eigenvalue weighted by molar-refractivity contribution is 8.14. The Kier molecular flexibility index (Phi) is 7.98. The van der Waals surface area contributed by atoms with E-state index in [4.69, 9.17) is 5.73 Å². The van der Waals surface area contributed by atoms with E-state index in [1.54, 1.807) is 18.0 Å². The van der Waals surface area contributed by atoms with Crippen molar-refractivity contribution >= 4 is 39.9 Å². The van der Waals surface area contributed by atoms with Crippen LogP contribution in [0.1, 0.15) is 32.6 Å². The number of carbonyl (C=O) groups is 2. The summed E-state index contributed by atoms with van der Waals surface area (Å²) in [6.07, 6.45) is 7.85. The third-order valence-corrected chi connectivity index (χ3v) is 9.09. The SMILES string of the molecule is CCCN(CCN1CCN(c2ccc(N3C=CC(=O)C(=O)C3)cc2)CC1)C1CCC2N=C(N)SC2C1. The maximum Gasteiger partial charge on any atom is 0.224 e. The Bertz CT molecular complexity index is 1000. The van der Waals surface area contributed by atoms with Crippen LogP contribution in [0, 0.1) is 0 Å². The molecule has 0 amide bonds. The molecular formula is C27H38N6O2S. The van der Waals surface area contributed by atoms with Crippen molar-refractivity contribution in [1.29, 1.82) is 0 Å². The van der Waals surface area contributed by atoms with Gasteiger partial charge < -0.3 is 15.5 Å². The molecule has 9 heteroatoms. The molecule has 1 saturated heterocycles. The van der Waals surface area contributed by atoms with Crippen LogP contribution in [0.3, 0.4) is 0 Å². The van der Waals surface area contributed by atoms with E-state index in [2.05, 4.69) is 38.7 Å². The van der Waals surface area contributed by atoms with Gasteiger partial charge in [0.2, 0.25) is 11.6 Å². The molecule has 3 unspecified atom stereocenters. The number of rotatable bonds is 8. The minimum absolute atomic E-state index is 0.116. The zero-order chi connectivity index (χ0) is 25.1. The van der Waals surface area contributed by atoms with Crippen molar-refractivity contribution in [3.05, 3.63) is 36.5 Å². The maximum atomic E-state index is 11.7. The number of hydrogen-bond donors (Lipinski definition) is 1. The van der Waals surface area contributed by atoms with Gasteiger partial charge in [-0.15, -0.1) is 0 Å². The molecule has 3 atom stereocenters. The van der Waals surface area contributed by atoms with Crippen molar-refractivity contribution in [3.8, 4) is 0 Å². The van der Waals surface area contributed by atoms with E-state index in [0.717, 1.165) is 50.1 Å². The highest BCUT2D eigenvalue weighted by Gasteiger charge is 2.37. The number of fused-ring (bicyclic) bond motifs is 1. The van der Waals surface area contributed by atoms with Crippen LogP contribution < -0.4 is 15.5 Å². The van der Waals surface area contributed by atoms with Crippen molar-refractivity contribution < 1.29 is 9.59 Å². The molecule has 2 N–H and O–H groups in total. The highest BCUT2D eigenvalue weighted by Crippen LogP contribution is 2.37. The Labute approximate surface area is 218 Å². The summed E-state index contributed by atoms with van der Waals surface area (Å²) in [5.41, 5.74) is 8.14. The largest absolute Gasteiger partial charge is 0.379 e. The zero-order valence-electron chi connectivity index (χ0n) is 21.2. The summed E-state index contributed by atoms with van der Waals surface area (Å²) < 4.78 is 0. The van der Waals surface area contributed by atoms with Crippen molar-refractivity contribution in [2.24, 2.45) is 10.7 Å². The molecule has 0 aromatic heterocycles. The Morgan fingerprint density at radius 2 is 1.81 bits per heavy atom. The highest BCUT2D eigenvalue weighted by atomic mass is 32.2. The van der Waals surface area contributed by atoms with Gasteiger partial charge in [-0.1, -0.05) is 18.7 Å². The van der Waals surface area contributed by atoms with Crippen LogP contribution in [0.15, 0.2) is 41.5 Å². The molecule has 0 bridgehead atoms. The van der Waals surface area contributed by atoms with E-state index < -0.39 is 5.78 Å². The van der Waals surface area contributed by atoms with Crippen LogP contribution in [-0.2, 0) is 9.59 Å². The molecule has 2 fully saturated rings. The topological polar surface area (TPSA) is 85.5 Å². The molecule has 8 nitrogen and oxygen atoms in total. The number of thioether (sulfide) groups is 1. The van der Waals surface area contributed by atoms with Gasteiger partial charge >= 0.3 is 0 Å². The number of allylic oxidation sites excluding steroid dienone is 1. The van der Waals surface area contributed by atoms with E-state index in [1.165, 1.54) is 44.0 Å². The number of aliphatic imine (C=N–C) groups is 1. The van der Waals surface area contributed by atoms with Crippen LogP contribution in [-0.4, -0.2) is 96.2 Å². The molecule has 1 saturated carbocycles. The first-order valence-electron chi connectivity index (χ1n) is 13.3. The fraction of sp³-hybridized carbons (Fsp3) is 0.593. The minimum Gasteiger partial charge on any atom is -0.379 e. The number of ketones is 2. The maximum absolute atomic E-state index is 11.7. The van der Waals surface area contributed by atoms with E-state index in [1.807, 2.05) is 17.0 Å². The second-order valence-corrected chi connectivity index (χ2v) is 11.5. The monoisotopic (exact) mass is 510 g/mol. The average Bonchev–Trinajstić information content (AvgIpc) is 3.28. The fourth-order valence-corrected chi connectivity index (χ4v) is 7.06. The molecule has 3 aliphatic heterocycles. The molecule has 0 radical (unpaired) electrons. The number of amidine groups is 1. The Hall–Kier alpha value is -2.36. The van der Waals surface area contributed by atoms with Gasteiger partial charge in [0.05, 0.1) is 12.6 Å². The number of nitrogens with zero attached hydrogens (tertiary/aromatic N) is 5. The zero-order valence-corrected chi connectivity index (χ0v) is 22.0. The van der Waals surface area contributed by atoms with Crippen LogP contribution in [0.4, 0.5) is 11.4 Å². The van der Waals surface area contributed by atoms with Crippen molar-refractivity contribution in [1.82, 2.24) is 9.80 Å². The summed E-state index contributed by atoms with van der Waals surface area (Å²) in [5, 5.41) is 1.36. The van der Waals surface area contributed by atoms with Crippen molar-refractivity contribution in [2.45, 2.75) is 49.9 Å². The lowest BCUT2D eigenvalue weighted by molar-refractivity contribution is -0.133. The molecule has 194 valence electrons. The van der Waals surface area contributed by atoms with Gasteiger partial charge in [0.15, 0.2) is 5.17 Å². The summed E-state index contributed by atoms with van der Waals surface area (Å²) in [4.78, 5) is 37.4. The van der Waals surface area contributed by atoms with Crippen LogP contribution in [0.5, 0.6) is 0 Å². The molecule has 5 rings (SSSR count). The number of piperazine rings is 1. The molecule has 1 aliphatic carbocycles. The van der Waals surface area contributed by atoms with Crippen LogP contribution in [0.2, 0.25) is 0 Å². The number of anilines is 2. The second kappa shape index (κ2) is 11.4. The quantitative estimate of drug-likeness (QED) is 0.534. The molecule has 36 heavy (non-hydrogen) atoms. The molecule has 3 heterocycles. The first-order valence-corrected chi connectivity index (χ1v) is 14.2. The lowest BCUT2D eigenvalue weighted by atomic mass is 9.90. The van der Waals surface area contributed by atoms with Gasteiger partial charge in [-0.2, -0.15) is 0 Å². The summed E-state index contributed by atoms with van der Waals surface area (Å²) >= 11 is 1.79. The minimum atomic E-state index is -0.418. The van der Waals surface area contributed by atoms with Gasteiger partial charge in [-0.05, 0) is 56.5 Å². The van der Waals surface area contributed by atoms with E-state index in [9.17, 15) is 9.59 Å². The average molecular weight is 511 g/mol. The molecular weight excluding hydrogens is 472 g/mol. The van der Waals surface area contributed by atoms with Crippen molar-refractivity contribution in [3.63, 3.8) is 0 Å². The van der Waals surface area contributed by atoms with E-state index in [0.29, 0.717) is 17.3 Å². The molecule has 1 aromatic rings. The van der Waals surface area contributed by atoms with Crippen LogP contribution in [0.25, 0.3) is 0 Å². The van der Waals surface area contributed by atoms with Crippen LogP contribution >= 0.6 is 11.8 Å². The van der Waals surface area contributed by atoms with Gasteiger partial charge in [-0.25, -0.2) is 0 Å². The lowest BCUT2D eigenvalue weighted by Gasteiger charge is -2.40. The second-order valence-electron chi connectivity index (χ2n) is 10.3. The summed E-state index contributed by atoms with van der Waals surface area (Å²) in [6.45, 7) is 10.0. The standard InChI is InChI=1S/C27H38N6O2S/c1-2-10-31(22-7-8-23-26(18-22)36-27(28)29-23)15-12-30-13-16-32(17-14-30)20-3-5-21(6-4-20)33-11-9-24(34)25(35)19-33/h3-6,9,11,22-23,26H,2,7-8,10,12-19H2,1H3,(H2,28,29). The summed E-state index contributed by atoms with van der Waals surface area (Å²) in [5.74, 6) is -0.780. The smallest absolute Gasteiger partial charge is 0.224 e. The number of hydrogen-bond acceptors (Lipinski definition) is 9. The summed E-state index contributed by atoms with van der Waals surface area (Å²) in [7, 11) is 0. The number of carbonyl (C=O) groups excluding carboxylic acids is 2. The number of Topliss-reactive ketones (excluding diaryl/α,β-unsaturated/α-hetero) is 1. The molecule has 4 aliphatic rings. The normalized spacial score (nSPS) is 27.1. The van der Waals surface area contributed by atoms with Gasteiger partial charge in [-0.3, -0.25) is 24.4 Å². The third-order valence-electron chi connectivity index (χ3n) is 7.94. The Balaban J connectivity index is 1.09. The first-order chi connectivity index (χ1) is 17.5. The summed E-state index contributed by atoms with van der Waals surface area (Å²) in [6, 6.07) is 9.41. The van der Waals surface area contributed by atoms with E-state index >= 15 is 0 Å². The van der Waals surface area contributed by atoms with Gasteiger partial charge in [0, 0.05) is 74.2 Å². The van der Waals surface area contributed by atoms with Crippen molar-refractivity contribution in [2.75, 3.05) is 62.2 Å².